The van der Waals surface area contributed by atoms with Crippen molar-refractivity contribution in [2.24, 2.45) is 0 Å². The SMILES string of the molecule is CCCCCCCCCCCC[N+](CCCl)(Cc1ccccc1)Cc1ccccc1. The number of quaternary nitrogens is 1. The molecule has 30 heavy (non-hydrogen) atoms. The summed E-state index contributed by atoms with van der Waals surface area (Å²) in [6, 6.07) is 21.9. The van der Waals surface area contributed by atoms with E-state index in [4.69, 9.17) is 11.6 Å². The molecule has 0 unspecified atom stereocenters. The molecule has 2 aromatic carbocycles. The van der Waals surface area contributed by atoms with Gasteiger partial charge in [-0.25, -0.2) is 0 Å². The van der Waals surface area contributed by atoms with E-state index in [0.717, 1.165) is 30.0 Å². The minimum absolute atomic E-state index is 0.720. The molecule has 166 valence electrons. The van der Waals surface area contributed by atoms with E-state index in [1.165, 1.54) is 81.9 Å². The molecule has 0 saturated carbocycles. The number of hydrogen-bond donors (Lipinski definition) is 0. The van der Waals surface area contributed by atoms with Gasteiger partial charge in [-0.3, -0.25) is 0 Å². The second-order valence-corrected chi connectivity index (χ2v) is 9.33. The predicted molar refractivity (Wildman–Crippen MR) is 133 cm³/mol. The zero-order valence-corrected chi connectivity index (χ0v) is 20.0. The second-order valence-electron chi connectivity index (χ2n) is 8.95. The summed E-state index contributed by atoms with van der Waals surface area (Å²) >= 11 is 6.34. The Morgan fingerprint density at radius 2 is 1.00 bits per heavy atom. The van der Waals surface area contributed by atoms with Crippen molar-refractivity contribution in [2.75, 3.05) is 19.0 Å². The molecule has 0 saturated heterocycles. The van der Waals surface area contributed by atoms with Gasteiger partial charge in [0.2, 0.25) is 0 Å². The number of alkyl halides is 1. The molecule has 0 amide bonds. The van der Waals surface area contributed by atoms with Gasteiger partial charge in [-0.05, 0) is 12.8 Å². The van der Waals surface area contributed by atoms with Crippen LogP contribution in [0.3, 0.4) is 0 Å². The van der Waals surface area contributed by atoms with Gasteiger partial charge in [0.15, 0.2) is 0 Å². The highest BCUT2D eigenvalue weighted by atomic mass is 35.5. The van der Waals surface area contributed by atoms with Gasteiger partial charge in [0.1, 0.15) is 13.1 Å². The number of hydrogen-bond acceptors (Lipinski definition) is 0. The lowest BCUT2D eigenvalue weighted by atomic mass is 10.1. The van der Waals surface area contributed by atoms with Crippen LogP contribution in [0.1, 0.15) is 82.3 Å². The quantitative estimate of drug-likeness (QED) is 0.135. The highest BCUT2D eigenvalue weighted by Gasteiger charge is 2.27. The number of rotatable bonds is 17. The maximum atomic E-state index is 6.34. The average Bonchev–Trinajstić information content (AvgIpc) is 2.77. The first-order chi connectivity index (χ1) is 14.8. The van der Waals surface area contributed by atoms with Gasteiger partial charge in [0.25, 0.3) is 0 Å². The highest BCUT2D eigenvalue weighted by molar-refractivity contribution is 6.17. The Hall–Kier alpha value is -1.31. The second kappa shape index (κ2) is 15.5. The summed E-state index contributed by atoms with van der Waals surface area (Å²) in [5.74, 6) is 0.720. The Morgan fingerprint density at radius 1 is 0.567 bits per heavy atom. The molecule has 0 aliphatic carbocycles. The fraction of sp³-hybridized carbons (Fsp3) is 0.571. The summed E-state index contributed by atoms with van der Waals surface area (Å²) in [4.78, 5) is 0. The fourth-order valence-electron chi connectivity index (χ4n) is 4.54. The van der Waals surface area contributed by atoms with Crippen LogP contribution in [-0.2, 0) is 13.1 Å². The Balaban J connectivity index is 1.87. The van der Waals surface area contributed by atoms with Gasteiger partial charge in [-0.1, -0.05) is 119 Å². The predicted octanol–water partition coefficient (Wildman–Crippen LogP) is 8.36. The molecule has 0 N–H and O–H groups in total. The summed E-state index contributed by atoms with van der Waals surface area (Å²) in [5.41, 5.74) is 2.84. The molecule has 2 heteroatoms. The summed E-state index contributed by atoms with van der Waals surface area (Å²) in [6.45, 7) is 6.67. The number of nitrogens with zero attached hydrogens (tertiary/aromatic N) is 1. The van der Waals surface area contributed by atoms with E-state index in [1.54, 1.807) is 0 Å². The van der Waals surface area contributed by atoms with E-state index in [0.29, 0.717) is 0 Å². The third kappa shape index (κ3) is 10.1. The first-order valence-electron chi connectivity index (χ1n) is 12.3. The lowest BCUT2D eigenvalue weighted by molar-refractivity contribution is -0.951. The van der Waals surface area contributed by atoms with Crippen LogP contribution in [0.4, 0.5) is 0 Å². The van der Waals surface area contributed by atoms with E-state index < -0.39 is 0 Å². The fourth-order valence-corrected chi connectivity index (χ4v) is 4.90. The van der Waals surface area contributed by atoms with Gasteiger partial charge < -0.3 is 4.48 Å². The van der Waals surface area contributed by atoms with Crippen LogP contribution in [0.25, 0.3) is 0 Å². The van der Waals surface area contributed by atoms with Gasteiger partial charge >= 0.3 is 0 Å². The van der Waals surface area contributed by atoms with E-state index in [9.17, 15) is 0 Å². The summed E-state index contributed by atoms with van der Waals surface area (Å²) in [5, 5.41) is 0. The molecule has 0 aliphatic rings. The third-order valence-corrected chi connectivity index (χ3v) is 6.44. The maximum absolute atomic E-state index is 6.34. The Labute approximate surface area is 191 Å². The lowest BCUT2D eigenvalue weighted by Crippen LogP contribution is -2.48. The van der Waals surface area contributed by atoms with Crippen LogP contribution in [0.5, 0.6) is 0 Å². The molecule has 0 bridgehead atoms. The van der Waals surface area contributed by atoms with Crippen LogP contribution < -0.4 is 0 Å². The molecule has 2 aromatic rings. The molecule has 0 radical (unpaired) electrons. The van der Waals surface area contributed by atoms with Gasteiger partial charge in [0.05, 0.1) is 19.0 Å². The van der Waals surface area contributed by atoms with Crippen LogP contribution in [0.15, 0.2) is 60.7 Å². The topological polar surface area (TPSA) is 0 Å². The first kappa shape index (κ1) is 25.0. The standard InChI is InChI=1S/C28H43ClN/c1-2-3-4-5-6-7-8-9-10-17-23-30(24-22-29,25-27-18-13-11-14-19-27)26-28-20-15-12-16-21-28/h11-16,18-21H,2-10,17,22-26H2,1H3/q+1. The van der Waals surface area contributed by atoms with Crippen LogP contribution in [-0.4, -0.2) is 23.5 Å². The minimum Gasteiger partial charge on any atom is -0.315 e. The molecule has 1 nitrogen and oxygen atoms in total. The van der Waals surface area contributed by atoms with E-state index in [1.807, 2.05) is 0 Å². The summed E-state index contributed by atoms with van der Waals surface area (Å²) < 4.78 is 1.06. The van der Waals surface area contributed by atoms with Crippen molar-refractivity contribution in [3.05, 3.63) is 71.8 Å². The maximum Gasteiger partial charge on any atom is 0.105 e. The Kier molecular flexibility index (Phi) is 12.9. The third-order valence-electron chi connectivity index (χ3n) is 6.27. The highest BCUT2D eigenvalue weighted by Crippen LogP contribution is 2.22. The van der Waals surface area contributed by atoms with Crippen molar-refractivity contribution in [1.29, 1.82) is 0 Å². The van der Waals surface area contributed by atoms with Gasteiger partial charge in [-0.2, -0.15) is 0 Å². The van der Waals surface area contributed by atoms with E-state index in [2.05, 4.69) is 67.6 Å². The zero-order valence-electron chi connectivity index (χ0n) is 19.2. The van der Waals surface area contributed by atoms with Crippen molar-refractivity contribution < 1.29 is 4.48 Å². The van der Waals surface area contributed by atoms with Crippen LogP contribution in [0, 0.1) is 0 Å². The molecular formula is C28H43ClN+. The van der Waals surface area contributed by atoms with Crippen LogP contribution >= 0.6 is 11.6 Å². The van der Waals surface area contributed by atoms with Crippen LogP contribution in [0.2, 0.25) is 0 Å². The molecule has 0 heterocycles. The molecule has 2 rings (SSSR count). The molecule has 0 aromatic heterocycles. The van der Waals surface area contributed by atoms with Crippen molar-refractivity contribution in [3.63, 3.8) is 0 Å². The van der Waals surface area contributed by atoms with Gasteiger partial charge in [-0.15, -0.1) is 11.6 Å². The smallest absolute Gasteiger partial charge is 0.105 e. The van der Waals surface area contributed by atoms with Crippen molar-refractivity contribution >= 4 is 11.6 Å². The normalized spacial score (nSPS) is 11.7. The van der Waals surface area contributed by atoms with Crippen molar-refractivity contribution in [2.45, 2.75) is 84.2 Å². The van der Waals surface area contributed by atoms with E-state index >= 15 is 0 Å². The van der Waals surface area contributed by atoms with Crippen molar-refractivity contribution in [1.82, 2.24) is 0 Å². The largest absolute Gasteiger partial charge is 0.315 e. The van der Waals surface area contributed by atoms with Gasteiger partial charge in [0, 0.05) is 11.1 Å². The number of benzene rings is 2. The lowest BCUT2D eigenvalue weighted by Gasteiger charge is -2.39. The average molecular weight is 429 g/mol. The molecule has 0 atom stereocenters. The van der Waals surface area contributed by atoms with E-state index in [-0.39, 0.29) is 0 Å². The molecule has 0 fully saturated rings. The Bertz CT molecular complexity index is 599. The summed E-state index contributed by atoms with van der Waals surface area (Å²) in [6.07, 6.45) is 13.9. The monoisotopic (exact) mass is 428 g/mol. The summed E-state index contributed by atoms with van der Waals surface area (Å²) in [7, 11) is 0. The van der Waals surface area contributed by atoms with Crippen molar-refractivity contribution in [3.8, 4) is 0 Å². The molecule has 0 aliphatic heterocycles. The number of unbranched alkanes of at least 4 members (excludes halogenated alkanes) is 9. The minimum atomic E-state index is 0.720. The number of halogens is 1. The zero-order chi connectivity index (χ0) is 21.3. The molecule has 0 spiro atoms. The Morgan fingerprint density at radius 3 is 1.43 bits per heavy atom. The molecular weight excluding hydrogens is 386 g/mol. The first-order valence-corrected chi connectivity index (χ1v) is 12.8.